The van der Waals surface area contributed by atoms with Crippen LogP contribution in [0.5, 0.6) is 17.2 Å². The second kappa shape index (κ2) is 12.3. The molecule has 1 N–H and O–H groups in total. The molecule has 1 aliphatic carbocycles. The zero-order valence-corrected chi connectivity index (χ0v) is 25.8. The number of rotatable bonds is 10. The highest BCUT2D eigenvalue weighted by Crippen LogP contribution is 2.48. The zero-order valence-electron chi connectivity index (χ0n) is 25.8. The summed E-state index contributed by atoms with van der Waals surface area (Å²) >= 11 is 0. The number of aliphatic hydroxyl groups is 1. The topological polar surface area (TPSA) is 74.2 Å². The van der Waals surface area contributed by atoms with Crippen LogP contribution in [0.4, 0.5) is 13.2 Å². The summed E-state index contributed by atoms with van der Waals surface area (Å²) in [6.45, 7) is 8.02. The molecule has 1 aliphatic heterocycles. The number of carbonyl (C=O) groups is 1. The van der Waals surface area contributed by atoms with E-state index in [2.05, 4.69) is 0 Å². The molecule has 6 nitrogen and oxygen atoms in total. The van der Waals surface area contributed by atoms with E-state index in [0.29, 0.717) is 78.6 Å². The Labute approximate surface area is 256 Å². The van der Waals surface area contributed by atoms with Crippen molar-refractivity contribution in [3.8, 4) is 28.4 Å². The summed E-state index contributed by atoms with van der Waals surface area (Å²) in [7, 11) is 1.36. The quantitative estimate of drug-likeness (QED) is 0.237. The van der Waals surface area contributed by atoms with Crippen molar-refractivity contribution in [2.24, 2.45) is 0 Å². The first kappa shape index (κ1) is 31.7. The number of methoxy groups -OCH3 is 1. The molecule has 0 aromatic heterocycles. The number of hydrogen-bond donors (Lipinski definition) is 1. The molecule has 0 saturated carbocycles. The van der Waals surface area contributed by atoms with Crippen molar-refractivity contribution in [1.82, 2.24) is 0 Å². The average Bonchev–Trinajstić information content (AvgIpc) is 3.54. The summed E-state index contributed by atoms with van der Waals surface area (Å²) in [5, 5.41) is 9.98. The Morgan fingerprint density at radius 1 is 0.955 bits per heavy atom. The van der Waals surface area contributed by atoms with E-state index >= 15 is 0 Å². The summed E-state index contributed by atoms with van der Waals surface area (Å²) in [6.07, 6.45) is -2.68. The predicted molar refractivity (Wildman–Crippen MR) is 161 cm³/mol. The van der Waals surface area contributed by atoms with Crippen LogP contribution in [0.1, 0.15) is 78.3 Å². The van der Waals surface area contributed by atoms with Crippen molar-refractivity contribution < 1.29 is 42.0 Å². The normalized spacial score (nSPS) is 17.6. The molecule has 0 fully saturated rings. The number of esters is 1. The van der Waals surface area contributed by atoms with E-state index in [0.717, 1.165) is 11.1 Å². The lowest BCUT2D eigenvalue weighted by atomic mass is 9.86. The molecule has 1 heterocycles. The van der Waals surface area contributed by atoms with Gasteiger partial charge < -0.3 is 24.1 Å². The van der Waals surface area contributed by atoms with Crippen molar-refractivity contribution in [2.45, 2.75) is 77.0 Å². The predicted octanol–water partition coefficient (Wildman–Crippen LogP) is 7.68. The fourth-order valence-corrected chi connectivity index (χ4v) is 6.30. The second-order valence-corrected chi connectivity index (χ2v) is 12.4. The molecular weight excluding hydrogens is 573 g/mol. The van der Waals surface area contributed by atoms with Crippen LogP contribution >= 0.6 is 0 Å². The monoisotopic (exact) mass is 612 g/mol. The van der Waals surface area contributed by atoms with Crippen molar-refractivity contribution in [3.63, 3.8) is 0 Å². The molecule has 2 aliphatic rings. The molecule has 0 bridgehead atoms. The molecular formula is C35H39F3O6. The van der Waals surface area contributed by atoms with Gasteiger partial charge in [0.05, 0.1) is 44.5 Å². The molecule has 44 heavy (non-hydrogen) atoms. The van der Waals surface area contributed by atoms with Crippen LogP contribution in [-0.2, 0) is 22.1 Å². The molecule has 2 atom stereocenters. The van der Waals surface area contributed by atoms with Crippen LogP contribution < -0.4 is 14.2 Å². The fraction of sp³-hybridized carbons (Fsp3) is 0.457. The average molecular weight is 613 g/mol. The number of ether oxygens (including phenoxy) is 4. The standard InChI is InChI=1S/C35H39F3O6/c1-20-14-25(42-13-12-34(3,4)40)15-21(2)32(20)33-28-8-6-22(26(28)10-11-29(33)35(36,37)38)18-43-24-7-9-27-23(16-31(39)41-5)19-44-30(27)17-24/h7,9-11,14-15,17,22-23,40H,6,8,12-13,16,18-19H2,1-5H3/t22-,23+/m0/s1. The molecule has 0 saturated heterocycles. The van der Waals surface area contributed by atoms with E-state index in [4.69, 9.17) is 18.9 Å². The smallest absolute Gasteiger partial charge is 0.417 e. The number of fused-ring (bicyclic) bond motifs is 2. The lowest BCUT2D eigenvalue weighted by Gasteiger charge is -2.22. The van der Waals surface area contributed by atoms with Crippen LogP contribution in [0.3, 0.4) is 0 Å². The Balaban J connectivity index is 1.39. The van der Waals surface area contributed by atoms with Gasteiger partial charge in [0, 0.05) is 29.9 Å². The van der Waals surface area contributed by atoms with Gasteiger partial charge in [0.25, 0.3) is 0 Å². The minimum absolute atomic E-state index is 0.0719. The number of halogens is 3. The highest BCUT2D eigenvalue weighted by molar-refractivity contribution is 5.80. The molecule has 0 amide bonds. The third-order valence-electron chi connectivity index (χ3n) is 8.53. The van der Waals surface area contributed by atoms with E-state index in [-0.39, 0.29) is 29.8 Å². The Bertz CT molecular complexity index is 1520. The summed E-state index contributed by atoms with van der Waals surface area (Å²) in [4.78, 5) is 11.7. The third kappa shape index (κ3) is 6.83. The van der Waals surface area contributed by atoms with Crippen LogP contribution in [0, 0.1) is 13.8 Å². The van der Waals surface area contributed by atoms with Crippen LogP contribution in [0.25, 0.3) is 11.1 Å². The fourth-order valence-electron chi connectivity index (χ4n) is 6.30. The Hall–Kier alpha value is -3.72. The minimum Gasteiger partial charge on any atom is -0.493 e. The molecule has 0 unspecified atom stereocenters. The highest BCUT2D eigenvalue weighted by atomic mass is 19.4. The first-order valence-corrected chi connectivity index (χ1v) is 14.9. The van der Waals surface area contributed by atoms with Gasteiger partial charge in [-0.3, -0.25) is 4.79 Å². The highest BCUT2D eigenvalue weighted by Gasteiger charge is 2.38. The minimum atomic E-state index is -4.52. The van der Waals surface area contributed by atoms with Crippen LogP contribution in [-0.4, -0.2) is 43.6 Å². The summed E-state index contributed by atoms with van der Waals surface area (Å²) in [5.41, 5.74) is 3.19. The van der Waals surface area contributed by atoms with Crippen molar-refractivity contribution >= 4 is 5.97 Å². The molecule has 0 spiro atoms. The second-order valence-electron chi connectivity index (χ2n) is 12.4. The van der Waals surface area contributed by atoms with E-state index in [1.165, 1.54) is 13.2 Å². The molecule has 3 aromatic carbocycles. The Morgan fingerprint density at radius 2 is 1.66 bits per heavy atom. The first-order valence-electron chi connectivity index (χ1n) is 14.9. The number of carbonyl (C=O) groups excluding carboxylic acids is 1. The molecule has 236 valence electrons. The zero-order chi connectivity index (χ0) is 31.8. The largest absolute Gasteiger partial charge is 0.493 e. The van der Waals surface area contributed by atoms with E-state index in [1.807, 2.05) is 26.0 Å². The molecule has 9 heteroatoms. The lowest BCUT2D eigenvalue weighted by Crippen LogP contribution is -2.21. The molecule has 5 rings (SSSR count). The van der Waals surface area contributed by atoms with Gasteiger partial charge in [-0.05, 0) is 98.2 Å². The van der Waals surface area contributed by atoms with Gasteiger partial charge >= 0.3 is 12.1 Å². The first-order chi connectivity index (χ1) is 20.7. The van der Waals surface area contributed by atoms with Gasteiger partial charge in [0.2, 0.25) is 0 Å². The molecule has 0 radical (unpaired) electrons. The summed E-state index contributed by atoms with van der Waals surface area (Å²) in [5.74, 6) is 1.40. The van der Waals surface area contributed by atoms with Gasteiger partial charge in [-0.2, -0.15) is 13.2 Å². The van der Waals surface area contributed by atoms with Gasteiger partial charge in [0.15, 0.2) is 0 Å². The van der Waals surface area contributed by atoms with Crippen LogP contribution in [0.2, 0.25) is 0 Å². The SMILES string of the molecule is COC(=O)C[C@@H]1COc2cc(OC[C@@H]3CCc4c3ccc(C(F)(F)F)c4-c3c(C)cc(OCCC(C)(C)O)cc3C)ccc21. The number of aryl methyl sites for hydroxylation is 2. The number of hydrogen-bond acceptors (Lipinski definition) is 6. The lowest BCUT2D eigenvalue weighted by molar-refractivity contribution is -0.141. The molecule has 3 aromatic rings. The van der Waals surface area contributed by atoms with Gasteiger partial charge in [-0.15, -0.1) is 0 Å². The number of alkyl halides is 3. The van der Waals surface area contributed by atoms with E-state index in [9.17, 15) is 23.1 Å². The summed E-state index contributed by atoms with van der Waals surface area (Å²) in [6, 6.07) is 11.9. The Kier molecular flexibility index (Phi) is 8.89. The van der Waals surface area contributed by atoms with E-state index < -0.39 is 17.3 Å². The third-order valence-corrected chi connectivity index (χ3v) is 8.53. The van der Waals surface area contributed by atoms with Crippen molar-refractivity contribution in [1.29, 1.82) is 0 Å². The summed E-state index contributed by atoms with van der Waals surface area (Å²) < 4.78 is 65.8. The maximum atomic E-state index is 14.4. The van der Waals surface area contributed by atoms with Gasteiger partial charge in [-0.25, -0.2) is 0 Å². The van der Waals surface area contributed by atoms with Gasteiger partial charge in [0.1, 0.15) is 17.2 Å². The van der Waals surface area contributed by atoms with Gasteiger partial charge in [-0.1, -0.05) is 12.1 Å². The van der Waals surface area contributed by atoms with Crippen molar-refractivity contribution in [3.05, 3.63) is 75.8 Å². The van der Waals surface area contributed by atoms with Crippen LogP contribution in [0.15, 0.2) is 42.5 Å². The maximum absolute atomic E-state index is 14.4. The van der Waals surface area contributed by atoms with E-state index in [1.54, 1.807) is 38.1 Å². The number of benzene rings is 3. The Morgan fingerprint density at radius 3 is 2.32 bits per heavy atom. The maximum Gasteiger partial charge on any atom is 0.417 e. The van der Waals surface area contributed by atoms with Crippen molar-refractivity contribution in [2.75, 3.05) is 26.9 Å².